The van der Waals surface area contributed by atoms with Crippen molar-refractivity contribution < 1.29 is 46.6 Å². The fourth-order valence-corrected chi connectivity index (χ4v) is 4.25. The fourth-order valence-electron chi connectivity index (χ4n) is 4.07. The number of methoxy groups -OCH3 is 1. The minimum Gasteiger partial charge on any atom is -0.482 e. The highest BCUT2D eigenvalue weighted by molar-refractivity contribution is 6.32. The molecule has 1 N–H and O–H groups in total. The van der Waals surface area contributed by atoms with Crippen LogP contribution in [0.25, 0.3) is 0 Å². The number of nitrogens with zero attached hydrogens (tertiary/aromatic N) is 1. The number of para-hydroxylation sites is 1. The van der Waals surface area contributed by atoms with Crippen LogP contribution in [0.5, 0.6) is 11.5 Å². The molecule has 1 fully saturated rings. The molecule has 0 spiro atoms. The third-order valence-electron chi connectivity index (χ3n) is 6.36. The van der Waals surface area contributed by atoms with Crippen LogP contribution in [0.1, 0.15) is 31.2 Å². The second-order valence-corrected chi connectivity index (χ2v) is 9.55. The number of carbonyl (C=O) groups is 4. The second kappa shape index (κ2) is 14.0. The average Bonchev–Trinajstić information content (AvgIpc) is 3.19. The number of hydrogen-bond donors (Lipinski definition) is 1. The third-order valence-corrected chi connectivity index (χ3v) is 6.67. The van der Waals surface area contributed by atoms with E-state index in [0.29, 0.717) is 31.9 Å². The Hall–Kier alpha value is -3.80. The lowest BCUT2D eigenvalue weighted by Crippen LogP contribution is -2.49. The van der Waals surface area contributed by atoms with Crippen LogP contribution in [0.4, 0.5) is 18.0 Å². The van der Waals surface area contributed by atoms with Gasteiger partial charge < -0.3 is 24.4 Å². The van der Waals surface area contributed by atoms with Crippen LogP contribution in [-0.2, 0) is 19.1 Å². The van der Waals surface area contributed by atoms with Crippen molar-refractivity contribution in [2.45, 2.75) is 38.6 Å². The molecule has 216 valence electrons. The van der Waals surface area contributed by atoms with E-state index >= 15 is 0 Å². The Morgan fingerprint density at radius 2 is 1.85 bits per heavy atom. The van der Waals surface area contributed by atoms with E-state index in [1.807, 2.05) is 0 Å². The average molecular weight is 585 g/mol. The van der Waals surface area contributed by atoms with Gasteiger partial charge in [0.2, 0.25) is 11.7 Å². The molecule has 2 amide bonds. The minimum absolute atomic E-state index is 0.0300. The first-order valence-corrected chi connectivity index (χ1v) is 12.8. The zero-order chi connectivity index (χ0) is 29.4. The predicted molar refractivity (Wildman–Crippen MR) is 137 cm³/mol. The van der Waals surface area contributed by atoms with Gasteiger partial charge in [-0.05, 0) is 31.9 Å². The Morgan fingerprint density at radius 3 is 2.55 bits per heavy atom. The number of esters is 1. The van der Waals surface area contributed by atoms with E-state index in [4.69, 9.17) is 21.1 Å². The number of nitrogens with one attached hydrogen (secondary N) is 1. The maximum Gasteiger partial charge on any atom is 0.415 e. The number of carbonyl (C=O) groups excluding carboxylic acids is 4. The van der Waals surface area contributed by atoms with Crippen molar-refractivity contribution in [3.63, 3.8) is 0 Å². The van der Waals surface area contributed by atoms with E-state index in [9.17, 15) is 32.3 Å². The molecule has 0 saturated carbocycles. The monoisotopic (exact) mass is 584 g/mol. The van der Waals surface area contributed by atoms with Gasteiger partial charge in [-0.15, -0.1) is 0 Å². The quantitative estimate of drug-likeness (QED) is 0.344. The Balaban J connectivity index is 1.69. The normalized spacial score (nSPS) is 15.9. The Bertz CT molecular complexity index is 1250. The van der Waals surface area contributed by atoms with Crippen molar-refractivity contribution in [3.8, 4) is 11.5 Å². The Kier molecular flexibility index (Phi) is 10.8. The Morgan fingerprint density at radius 1 is 1.12 bits per heavy atom. The molecule has 0 unspecified atom stereocenters. The summed E-state index contributed by atoms with van der Waals surface area (Å²) in [5.41, 5.74) is -0.359. The summed E-state index contributed by atoms with van der Waals surface area (Å²) in [7, 11) is 1.09. The smallest absolute Gasteiger partial charge is 0.415 e. The summed E-state index contributed by atoms with van der Waals surface area (Å²) in [5.74, 6) is -7.79. The lowest BCUT2D eigenvalue weighted by Gasteiger charge is -2.25. The highest BCUT2D eigenvalue weighted by atomic mass is 35.5. The first kappa shape index (κ1) is 30.7. The molecule has 9 nitrogen and oxygen atoms in total. The van der Waals surface area contributed by atoms with E-state index in [0.717, 1.165) is 14.0 Å². The largest absolute Gasteiger partial charge is 0.482 e. The molecule has 40 heavy (non-hydrogen) atoms. The van der Waals surface area contributed by atoms with Crippen molar-refractivity contribution in [2.24, 2.45) is 5.92 Å². The molecule has 1 saturated heterocycles. The maximum atomic E-state index is 14.1. The number of halogens is 4. The summed E-state index contributed by atoms with van der Waals surface area (Å²) in [6.07, 6.45) is 0.285. The third kappa shape index (κ3) is 7.87. The predicted octanol–water partition coefficient (Wildman–Crippen LogP) is 4.36. The van der Waals surface area contributed by atoms with Crippen molar-refractivity contribution in [3.05, 3.63) is 58.4 Å². The molecule has 0 radical (unpaired) electrons. The molecular weight excluding hydrogens is 557 g/mol. The number of amides is 2. The fraction of sp³-hybridized carbons (Fsp3) is 0.407. The van der Waals surface area contributed by atoms with Crippen LogP contribution in [0.15, 0.2) is 30.3 Å². The van der Waals surface area contributed by atoms with Gasteiger partial charge in [0.25, 0.3) is 0 Å². The summed E-state index contributed by atoms with van der Waals surface area (Å²) in [6, 6.07) is 5.31. The van der Waals surface area contributed by atoms with Gasteiger partial charge in [0.05, 0.1) is 24.5 Å². The molecule has 0 aromatic heterocycles. The lowest BCUT2D eigenvalue weighted by molar-refractivity contribution is -0.143. The molecule has 3 rings (SSSR count). The van der Waals surface area contributed by atoms with Gasteiger partial charge in [0.15, 0.2) is 23.1 Å². The van der Waals surface area contributed by atoms with E-state index in [-0.39, 0.29) is 22.9 Å². The number of Topliss-reactive ketones (excluding diaryl/α,β-unsaturated/α-hetero) is 1. The molecule has 2 atom stereocenters. The highest BCUT2D eigenvalue weighted by Gasteiger charge is 2.32. The van der Waals surface area contributed by atoms with Gasteiger partial charge in [0, 0.05) is 24.7 Å². The zero-order valence-electron chi connectivity index (χ0n) is 21.8. The summed E-state index contributed by atoms with van der Waals surface area (Å²) < 4.78 is 56.6. The first-order chi connectivity index (χ1) is 19.0. The number of hydrogen-bond acceptors (Lipinski definition) is 7. The maximum absolute atomic E-state index is 14.1. The van der Waals surface area contributed by atoms with Crippen molar-refractivity contribution in [1.82, 2.24) is 10.2 Å². The number of benzene rings is 2. The van der Waals surface area contributed by atoms with Crippen molar-refractivity contribution >= 4 is 35.4 Å². The molecule has 1 aliphatic rings. The molecule has 1 aliphatic heterocycles. The first-order valence-electron chi connectivity index (χ1n) is 12.4. The summed E-state index contributed by atoms with van der Waals surface area (Å²) in [4.78, 5) is 52.1. The van der Waals surface area contributed by atoms with Crippen LogP contribution in [0.2, 0.25) is 5.02 Å². The zero-order valence-corrected chi connectivity index (χ0v) is 22.6. The molecule has 0 bridgehead atoms. The van der Waals surface area contributed by atoms with E-state index in [1.54, 1.807) is 18.2 Å². The van der Waals surface area contributed by atoms with Crippen LogP contribution >= 0.6 is 11.6 Å². The summed E-state index contributed by atoms with van der Waals surface area (Å²) in [6.45, 7) is 0.530. The van der Waals surface area contributed by atoms with Gasteiger partial charge in [0.1, 0.15) is 18.5 Å². The van der Waals surface area contributed by atoms with Gasteiger partial charge in [-0.2, -0.15) is 4.39 Å². The number of likely N-dealkylation sites (tertiary alicyclic amines) is 1. The van der Waals surface area contributed by atoms with E-state index in [2.05, 4.69) is 10.1 Å². The van der Waals surface area contributed by atoms with Gasteiger partial charge in [-0.3, -0.25) is 14.4 Å². The molecule has 2 aromatic carbocycles. The van der Waals surface area contributed by atoms with Crippen LogP contribution in [-0.4, -0.2) is 61.5 Å². The van der Waals surface area contributed by atoms with E-state index in [1.165, 1.54) is 11.0 Å². The number of ether oxygens (including phenoxy) is 3. The summed E-state index contributed by atoms with van der Waals surface area (Å²) >= 11 is 6.06. The minimum atomic E-state index is -1.50. The van der Waals surface area contributed by atoms with Crippen molar-refractivity contribution in [2.75, 3.05) is 26.8 Å². The van der Waals surface area contributed by atoms with Crippen LogP contribution in [0.3, 0.4) is 0 Å². The SMILES string of the molecule is COC(=O)C[C@H](NC(=O)[C@@H]1CCCCN(C(=O)Oc2ccccc2Cl)C1)C(=O)COc1c(C)c(F)cc(F)c1F. The standard InChI is InChI=1S/C27H28ClF3N2O7/c1-15-18(29)11-19(30)24(31)25(15)39-14-21(34)20(12-23(35)38-2)32-26(36)16-7-5-6-10-33(13-16)27(37)40-22-9-4-3-8-17(22)28/h3-4,8-9,11,16,20H,5-7,10,12-14H2,1-2H3,(H,32,36)/t16-,20+/m1/s1. The highest BCUT2D eigenvalue weighted by Crippen LogP contribution is 2.28. The van der Waals surface area contributed by atoms with Gasteiger partial charge >= 0.3 is 12.1 Å². The number of ketones is 1. The van der Waals surface area contributed by atoms with E-state index < -0.39 is 71.9 Å². The molecule has 13 heteroatoms. The molecular formula is C27H28ClF3N2O7. The van der Waals surface area contributed by atoms with Crippen LogP contribution in [0, 0.1) is 30.3 Å². The van der Waals surface area contributed by atoms with Gasteiger partial charge in [-0.1, -0.05) is 30.2 Å². The van der Waals surface area contributed by atoms with Gasteiger partial charge in [-0.25, -0.2) is 13.6 Å². The summed E-state index contributed by atoms with van der Waals surface area (Å²) in [5, 5.41) is 2.71. The molecule has 2 aromatic rings. The lowest BCUT2D eigenvalue weighted by atomic mass is 10.0. The topological polar surface area (TPSA) is 111 Å². The molecule has 1 heterocycles. The second-order valence-electron chi connectivity index (χ2n) is 9.14. The van der Waals surface area contributed by atoms with Crippen molar-refractivity contribution in [1.29, 1.82) is 0 Å². The number of rotatable bonds is 9. The Labute approximate surface area is 233 Å². The van der Waals surface area contributed by atoms with Crippen LogP contribution < -0.4 is 14.8 Å². The molecule has 0 aliphatic carbocycles.